The van der Waals surface area contributed by atoms with E-state index in [4.69, 9.17) is 16.2 Å². The lowest BCUT2D eigenvalue weighted by atomic mass is 9.99. The van der Waals surface area contributed by atoms with Gasteiger partial charge in [0.05, 0.1) is 13.2 Å². The van der Waals surface area contributed by atoms with Crippen molar-refractivity contribution < 1.29 is 19.1 Å². The van der Waals surface area contributed by atoms with Gasteiger partial charge in [-0.1, -0.05) is 48.2 Å². The summed E-state index contributed by atoms with van der Waals surface area (Å²) in [5, 5.41) is 10.7. The molecule has 1 aliphatic rings. The first-order valence-electron chi connectivity index (χ1n) is 17.7. The zero-order chi connectivity index (χ0) is 36.3. The maximum atomic E-state index is 14.5. The zero-order valence-electron chi connectivity index (χ0n) is 29.8. The number of rotatable bonds is 10. The van der Waals surface area contributed by atoms with Crippen LogP contribution >= 0.6 is 11.8 Å². The smallest absolute Gasteiger partial charge is 0.245 e. The summed E-state index contributed by atoms with van der Waals surface area (Å²) in [6.45, 7) is 3.55. The van der Waals surface area contributed by atoms with Gasteiger partial charge in [0.15, 0.2) is 0 Å². The van der Waals surface area contributed by atoms with Crippen LogP contribution in [0.5, 0.6) is 5.75 Å². The zero-order valence-corrected chi connectivity index (χ0v) is 30.6. The molecule has 3 atom stereocenters. The van der Waals surface area contributed by atoms with E-state index in [9.17, 15) is 14.4 Å². The highest BCUT2D eigenvalue weighted by Gasteiger charge is 2.34. The van der Waals surface area contributed by atoms with Crippen molar-refractivity contribution in [3.05, 3.63) is 89.1 Å². The van der Waals surface area contributed by atoms with E-state index >= 15 is 0 Å². The molecule has 11 nitrogen and oxygen atoms in total. The van der Waals surface area contributed by atoms with Crippen LogP contribution in [0.1, 0.15) is 54.5 Å². The lowest BCUT2D eigenvalue weighted by molar-refractivity contribution is -0.142. The maximum Gasteiger partial charge on any atom is 0.245 e. The highest BCUT2D eigenvalue weighted by molar-refractivity contribution is 7.99. The number of hydrogen-bond donors (Lipinski definition) is 6. The number of likely N-dealkylation sites (N-methyl/N-ethyl adjacent to an activating group) is 1. The molecule has 3 amide bonds. The third-order valence-corrected chi connectivity index (χ3v) is 10.8. The summed E-state index contributed by atoms with van der Waals surface area (Å²) in [5.74, 6) is -0.227. The standard InChI is InChI=1S/C39H51N7O4S/c1-25-30(29-12-5-6-13-31(29)44-25)22-34-38(48)43-24-27-21-28(50-3)17-18-36(27)51-35-16-7-4-11-26(35)23-42-32(15-10-20-41)37(47)45-33(14-8-9-19-40)39(49)46(34)2/h4-7,11-13,16-18,21,32-34,42,44H,8-10,14-15,19-20,22-24,40-41H2,1-3H3,(H,43,48)(H,45,47)/t32-,33-,34-/m0/s1. The van der Waals surface area contributed by atoms with Crippen LogP contribution in [-0.2, 0) is 33.9 Å². The van der Waals surface area contributed by atoms with Crippen molar-refractivity contribution in [2.45, 2.75) is 86.5 Å². The van der Waals surface area contributed by atoms with E-state index in [0.717, 1.165) is 43.1 Å². The van der Waals surface area contributed by atoms with Crippen LogP contribution in [0, 0.1) is 6.92 Å². The minimum Gasteiger partial charge on any atom is -0.497 e. The highest BCUT2D eigenvalue weighted by Crippen LogP contribution is 2.35. The number of methoxy groups -OCH3 is 1. The largest absolute Gasteiger partial charge is 0.497 e. The Bertz CT molecular complexity index is 1810. The Morgan fingerprint density at radius 2 is 1.57 bits per heavy atom. The van der Waals surface area contributed by atoms with E-state index in [1.165, 1.54) is 4.90 Å². The average Bonchev–Trinajstić information content (AvgIpc) is 3.46. The van der Waals surface area contributed by atoms with Gasteiger partial charge in [-0.25, -0.2) is 0 Å². The number of fused-ring (bicyclic) bond motifs is 3. The summed E-state index contributed by atoms with van der Waals surface area (Å²) >= 11 is 1.60. The molecule has 2 heterocycles. The van der Waals surface area contributed by atoms with Gasteiger partial charge < -0.3 is 42.0 Å². The van der Waals surface area contributed by atoms with Crippen LogP contribution in [0.4, 0.5) is 0 Å². The Morgan fingerprint density at radius 1 is 0.843 bits per heavy atom. The number of nitrogens with two attached hydrogens (primary N) is 2. The van der Waals surface area contributed by atoms with Gasteiger partial charge in [-0.2, -0.15) is 0 Å². The summed E-state index contributed by atoms with van der Waals surface area (Å²) in [6.07, 6.45) is 3.15. The maximum absolute atomic E-state index is 14.5. The number of aromatic amines is 1. The summed E-state index contributed by atoms with van der Waals surface area (Å²) < 4.78 is 5.57. The SMILES string of the molecule is COc1ccc2c(c1)CNC(=O)[C@H](Cc1c(C)[nH]c3ccccc13)N(C)C(=O)[C@H](CCCCN)NC(=O)[C@H](CCCN)NCc1ccccc1S2. The average molecular weight is 714 g/mol. The predicted molar refractivity (Wildman–Crippen MR) is 202 cm³/mol. The van der Waals surface area contributed by atoms with E-state index in [2.05, 4.69) is 27.0 Å². The number of unbranched alkanes of at least 4 members (excludes halogenated alkanes) is 1. The van der Waals surface area contributed by atoms with Crippen molar-refractivity contribution >= 4 is 40.4 Å². The quantitative estimate of drug-likeness (QED) is 0.133. The van der Waals surface area contributed by atoms with Crippen molar-refractivity contribution in [3.63, 3.8) is 0 Å². The molecular weight excluding hydrogens is 663 g/mol. The van der Waals surface area contributed by atoms with Gasteiger partial charge in [0.25, 0.3) is 0 Å². The number of aromatic nitrogens is 1. The molecule has 0 unspecified atom stereocenters. The number of H-pyrrole nitrogens is 1. The monoisotopic (exact) mass is 713 g/mol. The van der Waals surface area contributed by atoms with Crippen LogP contribution in [0.2, 0.25) is 0 Å². The highest BCUT2D eigenvalue weighted by atomic mass is 32.2. The first kappa shape index (κ1) is 37.9. The van der Waals surface area contributed by atoms with E-state index < -0.39 is 18.1 Å². The minimum absolute atomic E-state index is 0.224. The Morgan fingerprint density at radius 3 is 2.35 bits per heavy atom. The van der Waals surface area contributed by atoms with Crippen LogP contribution in [0.25, 0.3) is 10.9 Å². The topological polar surface area (TPSA) is 168 Å². The number of aryl methyl sites for hydroxylation is 1. The predicted octanol–water partition coefficient (Wildman–Crippen LogP) is 4.15. The number of nitrogens with zero attached hydrogens (tertiary/aromatic N) is 1. The third-order valence-electron chi connectivity index (χ3n) is 9.57. The molecule has 0 fully saturated rings. The molecule has 12 heteroatoms. The molecule has 3 aromatic carbocycles. The van der Waals surface area contributed by atoms with Crippen molar-refractivity contribution in [1.29, 1.82) is 0 Å². The number of benzene rings is 3. The van der Waals surface area contributed by atoms with Crippen LogP contribution in [0.3, 0.4) is 0 Å². The molecule has 0 saturated heterocycles. The van der Waals surface area contributed by atoms with Crippen molar-refractivity contribution in [1.82, 2.24) is 25.8 Å². The Kier molecular flexibility index (Phi) is 13.5. The van der Waals surface area contributed by atoms with E-state index in [0.29, 0.717) is 57.5 Å². The normalized spacial score (nSPS) is 19.2. The molecule has 5 rings (SSSR count). The van der Waals surface area contributed by atoms with Gasteiger partial charge in [0, 0.05) is 52.9 Å². The van der Waals surface area contributed by atoms with Crippen LogP contribution < -0.4 is 32.2 Å². The second-order valence-corrected chi connectivity index (χ2v) is 14.1. The van der Waals surface area contributed by atoms with Crippen molar-refractivity contribution in [2.24, 2.45) is 11.5 Å². The number of ether oxygens (including phenoxy) is 1. The van der Waals surface area contributed by atoms with E-state index in [1.54, 1.807) is 25.9 Å². The Balaban J connectivity index is 1.58. The Labute approximate surface area is 304 Å². The van der Waals surface area contributed by atoms with Gasteiger partial charge in [-0.3, -0.25) is 14.4 Å². The number of para-hydroxylation sites is 1. The van der Waals surface area contributed by atoms with Crippen LogP contribution in [-0.4, -0.2) is 73.0 Å². The Hall–Kier alpha value is -4.36. The number of carbonyl (C=O) groups excluding carboxylic acids is 3. The summed E-state index contributed by atoms with van der Waals surface area (Å²) in [4.78, 5) is 49.7. The minimum atomic E-state index is -0.867. The van der Waals surface area contributed by atoms with Crippen molar-refractivity contribution in [3.8, 4) is 5.75 Å². The third kappa shape index (κ3) is 9.50. The molecule has 1 aliphatic heterocycles. The number of amides is 3. The fourth-order valence-electron chi connectivity index (χ4n) is 6.59. The molecular formula is C39H51N7O4S. The molecule has 0 radical (unpaired) electrons. The second kappa shape index (κ2) is 18.2. The fourth-order valence-corrected chi connectivity index (χ4v) is 7.64. The summed E-state index contributed by atoms with van der Waals surface area (Å²) in [6, 6.07) is 19.6. The molecule has 272 valence electrons. The lowest BCUT2D eigenvalue weighted by Gasteiger charge is -2.32. The number of nitrogens with one attached hydrogen (secondary N) is 4. The first-order valence-corrected chi connectivity index (χ1v) is 18.5. The first-order chi connectivity index (χ1) is 24.7. The summed E-state index contributed by atoms with van der Waals surface area (Å²) in [7, 11) is 3.27. The lowest BCUT2D eigenvalue weighted by Crippen LogP contribution is -2.57. The van der Waals surface area contributed by atoms with E-state index in [1.807, 2.05) is 67.6 Å². The van der Waals surface area contributed by atoms with Crippen LogP contribution in [0.15, 0.2) is 76.5 Å². The molecule has 0 spiro atoms. The summed E-state index contributed by atoms with van der Waals surface area (Å²) in [5.41, 5.74) is 16.5. The van der Waals surface area contributed by atoms with Gasteiger partial charge in [-0.05, 0) is 99.1 Å². The molecule has 4 aromatic rings. The molecule has 0 aliphatic carbocycles. The molecule has 0 bridgehead atoms. The van der Waals surface area contributed by atoms with Gasteiger partial charge in [0.2, 0.25) is 17.7 Å². The van der Waals surface area contributed by atoms with Crippen molar-refractivity contribution in [2.75, 3.05) is 27.2 Å². The van der Waals surface area contributed by atoms with Gasteiger partial charge in [0.1, 0.15) is 17.8 Å². The van der Waals surface area contributed by atoms with E-state index in [-0.39, 0.29) is 30.7 Å². The van der Waals surface area contributed by atoms with Gasteiger partial charge in [-0.15, -0.1) is 0 Å². The molecule has 0 saturated carbocycles. The number of hydrogen-bond acceptors (Lipinski definition) is 8. The molecule has 51 heavy (non-hydrogen) atoms. The fraction of sp³-hybridized carbons (Fsp3) is 0.410. The number of carbonyl (C=O) groups is 3. The molecule has 8 N–H and O–H groups in total. The second-order valence-electron chi connectivity index (χ2n) is 13.1. The van der Waals surface area contributed by atoms with Gasteiger partial charge >= 0.3 is 0 Å². The molecule has 1 aromatic heterocycles.